The van der Waals surface area contributed by atoms with Crippen LogP contribution in [0, 0.1) is 34.0 Å². The van der Waals surface area contributed by atoms with E-state index in [0.29, 0.717) is 24.2 Å². The number of rotatable bonds is 7. The molecular weight excluding hydrogens is 640 g/mol. The Hall–Kier alpha value is -1.52. The van der Waals surface area contributed by atoms with Gasteiger partial charge in [-0.1, -0.05) is 13.8 Å². The molecule has 2 saturated heterocycles. The van der Waals surface area contributed by atoms with Crippen molar-refractivity contribution in [1.82, 2.24) is 0 Å². The quantitative estimate of drug-likeness (QED) is 0.189. The molecule has 0 aromatic carbocycles. The second-order valence-corrected chi connectivity index (χ2v) is 16.4. The Morgan fingerprint density at radius 2 is 1.59 bits per heavy atom. The van der Waals surface area contributed by atoms with Crippen molar-refractivity contribution in [3.05, 3.63) is 11.6 Å². The van der Waals surface area contributed by atoms with Crippen LogP contribution in [0.25, 0.3) is 0 Å². The van der Waals surface area contributed by atoms with Crippen LogP contribution in [0.3, 0.4) is 0 Å². The van der Waals surface area contributed by atoms with Gasteiger partial charge in [-0.3, -0.25) is 4.79 Å². The summed E-state index contributed by atoms with van der Waals surface area (Å²) >= 11 is 0. The molecule has 17 atom stereocenters. The van der Waals surface area contributed by atoms with Gasteiger partial charge in [-0.2, -0.15) is 0 Å². The predicted octanol–water partition coefficient (Wildman–Crippen LogP) is 1.14. The lowest BCUT2D eigenvalue weighted by molar-refractivity contribution is -0.362. The van der Waals surface area contributed by atoms with E-state index in [9.17, 15) is 35.1 Å². The molecule has 276 valence electrons. The highest BCUT2D eigenvalue weighted by molar-refractivity contribution is 5.93. The molecule has 0 aromatic rings. The van der Waals surface area contributed by atoms with Crippen LogP contribution in [0.5, 0.6) is 0 Å². The van der Waals surface area contributed by atoms with Gasteiger partial charge in [0.2, 0.25) is 0 Å². The molecule has 5 N–H and O–H groups in total. The number of hydrogen-bond acceptors (Lipinski definition) is 13. The summed E-state index contributed by atoms with van der Waals surface area (Å²) in [6, 6.07) is 0. The van der Waals surface area contributed by atoms with E-state index in [1.807, 2.05) is 0 Å². The maximum atomic E-state index is 14.5. The lowest BCUT2D eigenvalue weighted by Gasteiger charge is -2.66. The summed E-state index contributed by atoms with van der Waals surface area (Å²) in [5.74, 6) is 0.816. The lowest BCUT2D eigenvalue weighted by Crippen LogP contribution is -2.65. The minimum absolute atomic E-state index is 0.00757. The highest BCUT2D eigenvalue weighted by Gasteiger charge is 2.68. The van der Waals surface area contributed by atoms with E-state index in [1.54, 1.807) is 13.0 Å². The topological polar surface area (TPSA) is 191 Å². The van der Waals surface area contributed by atoms with Gasteiger partial charge in [0.1, 0.15) is 55.1 Å². The SMILES string of the molecule is CO[C@H]1[C@H](O)[C@@H](O[C@H]2CC[C@@]3(C)[C@H](CC[C@@]45CC[C@H](C6=CC(=O)OC6)[C@@](C)(CC[C@@H]43)C5=O)C2)O[C@@H](C)[C@@H]1O[C@H]1O[C@@H](CO)[C@H](O)[C@@H](O)[C@@H]1O. The molecule has 0 radical (unpaired) electrons. The van der Waals surface area contributed by atoms with Gasteiger partial charge in [0.25, 0.3) is 0 Å². The third-order valence-corrected chi connectivity index (χ3v) is 14.1. The molecule has 0 amide bonds. The molecule has 7 rings (SSSR count). The van der Waals surface area contributed by atoms with E-state index in [-0.39, 0.29) is 28.8 Å². The van der Waals surface area contributed by atoms with Gasteiger partial charge in [-0.15, -0.1) is 0 Å². The fraction of sp³-hybridized carbons (Fsp3) is 0.889. The maximum absolute atomic E-state index is 14.5. The minimum Gasteiger partial charge on any atom is -0.458 e. The van der Waals surface area contributed by atoms with E-state index in [0.717, 1.165) is 63.4 Å². The number of cyclic esters (lactones) is 1. The van der Waals surface area contributed by atoms with Crippen molar-refractivity contribution >= 4 is 11.8 Å². The molecule has 4 saturated carbocycles. The molecule has 3 aliphatic heterocycles. The van der Waals surface area contributed by atoms with Crippen molar-refractivity contribution in [2.24, 2.45) is 34.0 Å². The van der Waals surface area contributed by atoms with Crippen LogP contribution in [0.15, 0.2) is 11.6 Å². The summed E-state index contributed by atoms with van der Waals surface area (Å²) in [7, 11) is 1.43. The van der Waals surface area contributed by atoms with Crippen molar-refractivity contribution in [3.8, 4) is 0 Å². The number of aliphatic hydroxyl groups is 5. The third-order valence-electron chi connectivity index (χ3n) is 14.1. The average Bonchev–Trinajstić information content (AvgIpc) is 3.50. The fourth-order valence-corrected chi connectivity index (χ4v) is 11.4. The zero-order valence-corrected chi connectivity index (χ0v) is 28.9. The van der Waals surface area contributed by atoms with Crippen molar-refractivity contribution in [1.29, 1.82) is 0 Å². The molecule has 3 heterocycles. The summed E-state index contributed by atoms with van der Waals surface area (Å²) in [6.07, 6.45) is -2.72. The molecule has 4 aliphatic carbocycles. The molecule has 0 aromatic heterocycles. The summed E-state index contributed by atoms with van der Waals surface area (Å²) in [6.45, 7) is 5.95. The van der Waals surface area contributed by atoms with E-state index in [4.69, 9.17) is 28.4 Å². The van der Waals surface area contributed by atoms with Gasteiger partial charge in [0.15, 0.2) is 12.6 Å². The van der Waals surface area contributed by atoms with Crippen LogP contribution in [0.1, 0.15) is 78.6 Å². The summed E-state index contributed by atoms with van der Waals surface area (Å²) in [4.78, 5) is 26.4. The van der Waals surface area contributed by atoms with Crippen LogP contribution in [-0.2, 0) is 38.0 Å². The summed E-state index contributed by atoms with van der Waals surface area (Å²) < 4.78 is 35.0. The van der Waals surface area contributed by atoms with Crippen molar-refractivity contribution in [2.75, 3.05) is 20.3 Å². The first kappa shape index (κ1) is 35.9. The summed E-state index contributed by atoms with van der Waals surface area (Å²) in [5, 5.41) is 51.8. The number of Topliss-reactive ketones (excluding diaryl/α,β-unsaturated/α-hetero) is 1. The van der Waals surface area contributed by atoms with Crippen LogP contribution < -0.4 is 0 Å². The van der Waals surface area contributed by atoms with Crippen molar-refractivity contribution < 1.29 is 63.5 Å². The van der Waals surface area contributed by atoms with E-state index >= 15 is 0 Å². The predicted molar refractivity (Wildman–Crippen MR) is 169 cm³/mol. The third kappa shape index (κ3) is 5.66. The smallest absolute Gasteiger partial charge is 0.331 e. The van der Waals surface area contributed by atoms with E-state index < -0.39 is 73.4 Å². The lowest BCUT2D eigenvalue weighted by atomic mass is 9.37. The average molecular weight is 695 g/mol. The number of ketones is 1. The Bertz CT molecular complexity index is 1310. The minimum atomic E-state index is -1.60. The number of aliphatic hydroxyl groups excluding tert-OH is 5. The monoisotopic (exact) mass is 694 g/mol. The number of fused-ring (bicyclic) bond motifs is 3. The van der Waals surface area contributed by atoms with Crippen molar-refractivity contribution in [3.63, 3.8) is 0 Å². The van der Waals surface area contributed by atoms with Crippen LogP contribution in [-0.4, -0.2) is 125 Å². The molecule has 49 heavy (non-hydrogen) atoms. The number of esters is 1. The second-order valence-electron chi connectivity index (χ2n) is 16.4. The first-order valence-corrected chi connectivity index (χ1v) is 18.2. The number of methoxy groups -OCH3 is 1. The van der Waals surface area contributed by atoms with Crippen LogP contribution in [0.2, 0.25) is 0 Å². The Balaban J connectivity index is 0.999. The first-order chi connectivity index (χ1) is 23.3. The molecular formula is C36H54O13. The molecule has 7 aliphatic rings. The standard InChI is InChI=1S/C36H54O13/c1-17-29(49-31-27(41)26(40)25(39)22(15-37)48-31)30(44-4)28(42)32(46-17)47-20-6-9-34(2)19(14-20)5-11-36-12-7-21(18-13-24(38)45-16-18)35(3,33(36)43)10-8-23(34)36/h13,17,19-23,25-32,37,39-42H,5-12,14-16H2,1-4H3/t17-,19+,20-,21+,22-,23+,25-,26+,27-,28-,29-,30-,31+,32+,34-,35+,36+/m0/s1. The van der Waals surface area contributed by atoms with Gasteiger partial charge >= 0.3 is 5.97 Å². The Morgan fingerprint density at radius 1 is 0.857 bits per heavy atom. The fourth-order valence-electron chi connectivity index (χ4n) is 11.4. The van der Waals surface area contributed by atoms with Crippen LogP contribution >= 0.6 is 0 Å². The number of ether oxygens (including phenoxy) is 6. The Kier molecular flexibility index (Phi) is 9.63. The molecule has 0 unspecified atom stereocenters. The molecule has 13 nitrogen and oxygen atoms in total. The summed E-state index contributed by atoms with van der Waals surface area (Å²) in [5.41, 5.74) is 0.181. The maximum Gasteiger partial charge on any atom is 0.331 e. The van der Waals surface area contributed by atoms with Crippen LogP contribution in [0.4, 0.5) is 0 Å². The van der Waals surface area contributed by atoms with Gasteiger partial charge < -0.3 is 54.0 Å². The Morgan fingerprint density at radius 3 is 2.29 bits per heavy atom. The highest BCUT2D eigenvalue weighted by Crippen LogP contribution is 2.70. The normalized spacial score (nSPS) is 53.0. The Labute approximate surface area is 287 Å². The zero-order chi connectivity index (χ0) is 35.0. The highest BCUT2D eigenvalue weighted by atomic mass is 16.7. The second kappa shape index (κ2) is 13.2. The molecule has 13 heteroatoms. The van der Waals surface area contributed by atoms with E-state index in [2.05, 4.69) is 13.8 Å². The van der Waals surface area contributed by atoms with Crippen molar-refractivity contribution in [2.45, 2.75) is 146 Å². The van der Waals surface area contributed by atoms with Gasteiger partial charge in [-0.25, -0.2) is 4.79 Å². The number of carbonyl (C=O) groups is 2. The van der Waals surface area contributed by atoms with Gasteiger partial charge in [0, 0.05) is 24.0 Å². The molecule has 2 bridgehead atoms. The van der Waals surface area contributed by atoms with Gasteiger partial charge in [0.05, 0.1) is 18.8 Å². The first-order valence-electron chi connectivity index (χ1n) is 18.2. The largest absolute Gasteiger partial charge is 0.458 e. The van der Waals surface area contributed by atoms with Gasteiger partial charge in [-0.05, 0) is 93.5 Å². The zero-order valence-electron chi connectivity index (χ0n) is 28.9. The number of hydrogen-bond donors (Lipinski definition) is 5. The molecule has 6 fully saturated rings. The number of carbonyl (C=O) groups excluding carboxylic acids is 2. The molecule has 1 spiro atoms. The van der Waals surface area contributed by atoms with E-state index in [1.165, 1.54) is 7.11 Å².